The Morgan fingerprint density at radius 2 is 2.12 bits per heavy atom. The minimum absolute atomic E-state index is 0.0278. The topological polar surface area (TPSA) is 95.9 Å². The number of nitrogens with zero attached hydrogens (tertiary/aromatic N) is 1. The first kappa shape index (κ1) is 16.6. The van der Waals surface area contributed by atoms with Gasteiger partial charge in [-0.15, -0.1) is 11.8 Å². The molecule has 0 bridgehead atoms. The number of amides is 2. The fourth-order valence-corrected chi connectivity index (χ4v) is 4.45. The van der Waals surface area contributed by atoms with Gasteiger partial charge >= 0.3 is 5.97 Å². The number of anilines is 1. The molecule has 3 rings (SSSR count). The molecule has 0 aliphatic carbocycles. The van der Waals surface area contributed by atoms with Crippen LogP contribution in [0.15, 0.2) is 24.3 Å². The van der Waals surface area contributed by atoms with Crippen LogP contribution in [0.3, 0.4) is 0 Å². The largest absolute Gasteiger partial charge is 0.482 e. The summed E-state index contributed by atoms with van der Waals surface area (Å²) in [6, 6.07) is 6.00. The van der Waals surface area contributed by atoms with Crippen molar-refractivity contribution in [3.63, 3.8) is 0 Å². The second-order valence-corrected chi connectivity index (χ2v) is 7.46. The minimum Gasteiger partial charge on any atom is -0.482 e. The molecule has 0 spiro atoms. The van der Waals surface area contributed by atoms with Gasteiger partial charge < -0.3 is 20.1 Å². The Hall–Kier alpha value is -2.22. The van der Waals surface area contributed by atoms with Gasteiger partial charge in [0.2, 0.25) is 11.8 Å². The Labute approximate surface area is 143 Å². The van der Waals surface area contributed by atoms with Crippen LogP contribution in [0, 0.1) is 0 Å². The van der Waals surface area contributed by atoms with Crippen LogP contribution in [0.2, 0.25) is 0 Å². The maximum atomic E-state index is 12.5. The second-order valence-electron chi connectivity index (χ2n) is 5.96. The van der Waals surface area contributed by atoms with Gasteiger partial charge in [0.1, 0.15) is 11.8 Å². The van der Waals surface area contributed by atoms with Gasteiger partial charge in [-0.3, -0.25) is 9.59 Å². The summed E-state index contributed by atoms with van der Waals surface area (Å²) in [6.45, 7) is 1.59. The number of aliphatic carboxylic acids is 1. The summed E-state index contributed by atoms with van der Waals surface area (Å²) in [5.74, 6) is -0.229. The van der Waals surface area contributed by atoms with Crippen molar-refractivity contribution in [2.75, 3.05) is 17.7 Å². The number of ether oxygens (including phenoxy) is 1. The zero-order valence-corrected chi connectivity index (χ0v) is 14.0. The first-order chi connectivity index (χ1) is 11.4. The number of thioether (sulfide) groups is 1. The van der Waals surface area contributed by atoms with Crippen molar-refractivity contribution < 1.29 is 24.2 Å². The predicted octanol–water partition coefficient (Wildman–Crippen LogP) is 1.54. The SMILES string of the molecule is CC12CCC(=O)N1C(C(=O)Nc1ccc(OCC(=O)O)cc1)CS2. The molecule has 0 aromatic heterocycles. The van der Waals surface area contributed by atoms with E-state index in [0.29, 0.717) is 23.6 Å². The number of carbonyl (C=O) groups excluding carboxylic acids is 2. The molecular formula is C16H18N2O5S. The van der Waals surface area contributed by atoms with Crippen molar-refractivity contribution in [2.45, 2.75) is 30.7 Å². The van der Waals surface area contributed by atoms with Crippen LogP contribution in [0.5, 0.6) is 5.75 Å². The lowest BCUT2D eigenvalue weighted by atomic mass is 10.2. The highest BCUT2D eigenvalue weighted by Gasteiger charge is 2.52. The highest BCUT2D eigenvalue weighted by atomic mass is 32.2. The zero-order valence-electron chi connectivity index (χ0n) is 13.2. The van der Waals surface area contributed by atoms with Crippen molar-refractivity contribution >= 4 is 35.2 Å². The summed E-state index contributed by atoms with van der Waals surface area (Å²) in [5.41, 5.74) is 0.577. The number of carboxylic acid groups (broad SMARTS) is 1. The van der Waals surface area contributed by atoms with E-state index in [1.165, 1.54) is 0 Å². The third kappa shape index (κ3) is 3.19. The average Bonchev–Trinajstić information content (AvgIpc) is 3.03. The molecule has 8 heteroatoms. The number of benzene rings is 1. The number of carbonyl (C=O) groups is 3. The van der Waals surface area contributed by atoms with Crippen LogP contribution in [0.1, 0.15) is 19.8 Å². The minimum atomic E-state index is -1.05. The Bertz CT molecular complexity index is 678. The molecule has 2 N–H and O–H groups in total. The molecule has 2 fully saturated rings. The third-order valence-corrected chi connectivity index (χ3v) is 5.74. The molecule has 24 heavy (non-hydrogen) atoms. The van der Waals surface area contributed by atoms with Crippen LogP contribution in [-0.2, 0) is 14.4 Å². The maximum absolute atomic E-state index is 12.5. The summed E-state index contributed by atoms with van der Waals surface area (Å²) in [5, 5.41) is 11.4. The van der Waals surface area contributed by atoms with Crippen molar-refractivity contribution in [2.24, 2.45) is 0 Å². The van der Waals surface area contributed by atoms with E-state index in [-0.39, 0.29) is 16.7 Å². The molecular weight excluding hydrogens is 332 g/mol. The van der Waals surface area contributed by atoms with E-state index in [1.54, 1.807) is 40.9 Å². The number of carboxylic acids is 1. The van der Waals surface area contributed by atoms with Crippen molar-refractivity contribution in [1.29, 1.82) is 0 Å². The van der Waals surface area contributed by atoms with Gasteiger partial charge in [-0.25, -0.2) is 4.79 Å². The lowest BCUT2D eigenvalue weighted by Crippen LogP contribution is -2.48. The number of nitrogens with one attached hydrogen (secondary N) is 1. The highest BCUT2D eigenvalue weighted by molar-refractivity contribution is 8.01. The van der Waals surface area contributed by atoms with E-state index in [0.717, 1.165) is 6.42 Å². The Morgan fingerprint density at radius 1 is 1.42 bits per heavy atom. The number of fused-ring (bicyclic) bond motifs is 1. The van der Waals surface area contributed by atoms with E-state index < -0.39 is 18.6 Å². The standard InChI is InChI=1S/C16H18N2O5S/c1-16-7-6-13(19)18(16)12(9-24-16)15(22)17-10-2-4-11(5-3-10)23-8-14(20)21/h2-5,12H,6-9H2,1H3,(H,17,22)(H,20,21). The van der Waals surface area contributed by atoms with E-state index in [1.807, 2.05) is 6.92 Å². The molecule has 2 aliphatic rings. The molecule has 0 radical (unpaired) electrons. The molecule has 2 heterocycles. The van der Waals surface area contributed by atoms with Gasteiger partial charge in [0.25, 0.3) is 0 Å². The van der Waals surface area contributed by atoms with Crippen LogP contribution < -0.4 is 10.1 Å². The Morgan fingerprint density at radius 3 is 2.79 bits per heavy atom. The Kier molecular flexibility index (Phi) is 4.40. The summed E-state index contributed by atoms with van der Waals surface area (Å²) in [6.07, 6.45) is 1.26. The van der Waals surface area contributed by atoms with Crippen molar-refractivity contribution in [3.8, 4) is 5.75 Å². The monoisotopic (exact) mass is 350 g/mol. The van der Waals surface area contributed by atoms with Gasteiger partial charge in [0.15, 0.2) is 6.61 Å². The summed E-state index contributed by atoms with van der Waals surface area (Å²) < 4.78 is 5.04. The first-order valence-corrected chi connectivity index (χ1v) is 8.59. The zero-order chi connectivity index (χ0) is 17.3. The van der Waals surface area contributed by atoms with Crippen LogP contribution in [0.4, 0.5) is 5.69 Å². The van der Waals surface area contributed by atoms with E-state index in [9.17, 15) is 14.4 Å². The molecule has 7 nitrogen and oxygen atoms in total. The molecule has 2 saturated heterocycles. The molecule has 1 aromatic carbocycles. The lowest BCUT2D eigenvalue weighted by Gasteiger charge is -2.29. The van der Waals surface area contributed by atoms with Gasteiger partial charge in [0, 0.05) is 17.9 Å². The lowest BCUT2D eigenvalue weighted by molar-refractivity contribution is -0.139. The van der Waals surface area contributed by atoms with Crippen molar-refractivity contribution in [3.05, 3.63) is 24.3 Å². The molecule has 2 atom stereocenters. The predicted molar refractivity (Wildman–Crippen MR) is 88.9 cm³/mol. The van der Waals surface area contributed by atoms with Gasteiger partial charge in [0.05, 0.1) is 4.87 Å². The molecule has 128 valence electrons. The fourth-order valence-electron chi connectivity index (χ4n) is 3.02. The van der Waals surface area contributed by atoms with Crippen LogP contribution in [-0.4, -0.2) is 51.1 Å². The first-order valence-electron chi connectivity index (χ1n) is 7.61. The molecule has 2 unspecified atom stereocenters. The molecule has 2 aliphatic heterocycles. The molecule has 1 aromatic rings. The molecule has 2 amide bonds. The number of hydrogen-bond acceptors (Lipinski definition) is 5. The number of hydrogen-bond donors (Lipinski definition) is 2. The third-order valence-electron chi connectivity index (χ3n) is 4.23. The van der Waals surface area contributed by atoms with Gasteiger partial charge in [-0.1, -0.05) is 0 Å². The van der Waals surface area contributed by atoms with E-state index in [4.69, 9.17) is 9.84 Å². The summed E-state index contributed by atoms with van der Waals surface area (Å²) in [4.78, 5) is 36.5. The molecule has 0 saturated carbocycles. The van der Waals surface area contributed by atoms with Crippen molar-refractivity contribution in [1.82, 2.24) is 4.90 Å². The van der Waals surface area contributed by atoms with Crippen LogP contribution in [0.25, 0.3) is 0 Å². The summed E-state index contributed by atoms with van der Waals surface area (Å²) >= 11 is 1.65. The van der Waals surface area contributed by atoms with Gasteiger partial charge in [-0.05, 0) is 37.6 Å². The fraction of sp³-hybridized carbons (Fsp3) is 0.438. The smallest absolute Gasteiger partial charge is 0.341 e. The second kappa shape index (κ2) is 6.35. The highest BCUT2D eigenvalue weighted by Crippen LogP contribution is 2.47. The van der Waals surface area contributed by atoms with Crippen LogP contribution >= 0.6 is 11.8 Å². The average molecular weight is 350 g/mol. The summed E-state index contributed by atoms with van der Waals surface area (Å²) in [7, 11) is 0. The number of rotatable bonds is 5. The quantitative estimate of drug-likeness (QED) is 0.836. The van der Waals surface area contributed by atoms with E-state index >= 15 is 0 Å². The Balaban J connectivity index is 1.63. The van der Waals surface area contributed by atoms with E-state index in [2.05, 4.69) is 5.32 Å². The van der Waals surface area contributed by atoms with Gasteiger partial charge in [-0.2, -0.15) is 0 Å². The normalized spacial score (nSPS) is 25.5. The maximum Gasteiger partial charge on any atom is 0.341 e.